The number of aliphatic imine (C=N–C) groups is 1. The van der Waals surface area contributed by atoms with Gasteiger partial charge in [0.05, 0.1) is 7.11 Å². The van der Waals surface area contributed by atoms with Gasteiger partial charge in [0.15, 0.2) is 18.4 Å². The Labute approximate surface area is 113 Å². The molecule has 0 saturated heterocycles. The molecule has 0 aliphatic heterocycles. The van der Waals surface area contributed by atoms with Crippen LogP contribution in [0, 0.1) is 0 Å². The summed E-state index contributed by atoms with van der Waals surface area (Å²) in [5.74, 6) is 1.29. The first kappa shape index (κ1) is 16.8. The van der Waals surface area contributed by atoms with Crippen LogP contribution < -0.4 is 0 Å². The van der Waals surface area contributed by atoms with Gasteiger partial charge in [0.25, 0.3) is 0 Å². The fraction of sp³-hybridized carbons (Fsp3) is 0.462. The molecular formula is C13H21NO3S. The first-order chi connectivity index (χ1) is 8.69. The number of nitrogens with zero attached hydrogens (tertiary/aromatic N) is 1. The van der Waals surface area contributed by atoms with Crippen LogP contribution in [0.4, 0.5) is 0 Å². The van der Waals surface area contributed by atoms with Crippen LogP contribution in [0.15, 0.2) is 41.1 Å². The summed E-state index contributed by atoms with van der Waals surface area (Å²) in [5, 5.41) is 0.679. The van der Waals surface area contributed by atoms with Gasteiger partial charge < -0.3 is 14.2 Å². The van der Waals surface area contributed by atoms with E-state index in [1.807, 2.05) is 13.8 Å². The molecule has 0 rings (SSSR count). The van der Waals surface area contributed by atoms with Crippen molar-refractivity contribution in [1.82, 2.24) is 0 Å². The normalized spacial score (nSPS) is 13.9. The highest BCUT2D eigenvalue weighted by Crippen LogP contribution is 2.24. The first-order valence-corrected chi connectivity index (χ1v) is 6.62. The van der Waals surface area contributed by atoms with E-state index in [9.17, 15) is 0 Å². The molecule has 0 N–H and O–H groups in total. The Bertz CT molecular complexity index is 313. The lowest BCUT2D eigenvalue weighted by atomic mass is 10.5. The van der Waals surface area contributed by atoms with Gasteiger partial charge in [0.1, 0.15) is 5.03 Å². The summed E-state index contributed by atoms with van der Waals surface area (Å²) in [6.45, 7) is 11.7. The largest absolute Gasteiger partial charge is 0.486 e. The predicted molar refractivity (Wildman–Crippen MR) is 77.6 cm³/mol. The summed E-state index contributed by atoms with van der Waals surface area (Å²) >= 11 is 1.49. The quantitative estimate of drug-likeness (QED) is 0.153. The summed E-state index contributed by atoms with van der Waals surface area (Å²) in [7, 11) is 1.54. The van der Waals surface area contributed by atoms with Gasteiger partial charge in [0.2, 0.25) is 0 Å². The molecule has 1 unspecified atom stereocenters. The Balaban J connectivity index is 4.87. The number of hydrogen-bond donors (Lipinski definition) is 0. The molecule has 0 fully saturated rings. The van der Waals surface area contributed by atoms with Crippen molar-refractivity contribution in [3.63, 3.8) is 0 Å². The van der Waals surface area contributed by atoms with E-state index in [1.54, 1.807) is 12.2 Å². The summed E-state index contributed by atoms with van der Waals surface area (Å²) in [6, 6.07) is 0. The topological polar surface area (TPSA) is 40.0 Å². The minimum atomic E-state index is -0.347. The van der Waals surface area contributed by atoms with Crippen molar-refractivity contribution in [2.75, 3.05) is 19.5 Å². The van der Waals surface area contributed by atoms with Crippen LogP contribution in [-0.4, -0.2) is 32.2 Å². The molecule has 0 bridgehead atoms. The standard InChI is InChI=1S/C13H21NO3S/c1-6-9-18-13(14-10-15-5)12(7-2)17-11(4)16-8-3/h6-7,10-11H,1-2,8-9H2,3-5H3/b13-12-,14-10+. The van der Waals surface area contributed by atoms with Crippen LogP contribution in [0.5, 0.6) is 0 Å². The van der Waals surface area contributed by atoms with Crippen LogP contribution in [-0.2, 0) is 14.2 Å². The smallest absolute Gasteiger partial charge is 0.197 e. The monoisotopic (exact) mass is 271 g/mol. The van der Waals surface area contributed by atoms with Gasteiger partial charge in [-0.25, -0.2) is 4.99 Å². The maximum absolute atomic E-state index is 5.61. The molecule has 4 nitrogen and oxygen atoms in total. The number of methoxy groups -OCH3 is 1. The molecule has 18 heavy (non-hydrogen) atoms. The summed E-state index contributed by atoms with van der Waals surface area (Å²) in [5.41, 5.74) is 0. The molecule has 0 amide bonds. The fourth-order valence-electron chi connectivity index (χ4n) is 1.04. The predicted octanol–water partition coefficient (Wildman–Crippen LogP) is 3.33. The molecular weight excluding hydrogens is 250 g/mol. The average Bonchev–Trinajstić information content (AvgIpc) is 2.37. The highest BCUT2D eigenvalue weighted by atomic mass is 32.2. The molecule has 0 heterocycles. The van der Waals surface area contributed by atoms with Crippen LogP contribution in [0.1, 0.15) is 13.8 Å². The number of hydrogen-bond acceptors (Lipinski definition) is 5. The van der Waals surface area contributed by atoms with Crippen LogP contribution in [0.3, 0.4) is 0 Å². The van der Waals surface area contributed by atoms with Crippen molar-refractivity contribution in [3.05, 3.63) is 36.1 Å². The summed E-state index contributed by atoms with van der Waals surface area (Å²) in [4.78, 5) is 4.16. The zero-order valence-electron chi connectivity index (χ0n) is 11.2. The molecule has 5 heteroatoms. The molecule has 0 radical (unpaired) electrons. The van der Waals surface area contributed by atoms with E-state index < -0.39 is 0 Å². The third-order valence-electron chi connectivity index (χ3n) is 1.70. The van der Waals surface area contributed by atoms with E-state index in [4.69, 9.17) is 14.2 Å². The third kappa shape index (κ3) is 7.19. The molecule has 0 aliphatic rings. The molecule has 0 saturated carbocycles. The molecule has 0 aromatic heterocycles. The van der Waals surface area contributed by atoms with E-state index in [2.05, 4.69) is 18.2 Å². The maximum Gasteiger partial charge on any atom is 0.197 e. The second-order valence-electron chi connectivity index (χ2n) is 3.08. The molecule has 0 aromatic rings. The van der Waals surface area contributed by atoms with Gasteiger partial charge in [-0.15, -0.1) is 6.58 Å². The van der Waals surface area contributed by atoms with E-state index in [0.717, 1.165) is 5.75 Å². The second kappa shape index (κ2) is 10.9. The Morgan fingerprint density at radius 2 is 2.17 bits per heavy atom. The highest BCUT2D eigenvalue weighted by Gasteiger charge is 2.09. The Kier molecular flexibility index (Phi) is 10.2. The lowest BCUT2D eigenvalue weighted by Crippen LogP contribution is -2.12. The van der Waals surface area contributed by atoms with Crippen molar-refractivity contribution >= 4 is 18.2 Å². The molecule has 0 aliphatic carbocycles. The van der Waals surface area contributed by atoms with Crippen molar-refractivity contribution in [1.29, 1.82) is 0 Å². The number of rotatable bonds is 10. The summed E-state index contributed by atoms with van der Waals surface area (Å²) < 4.78 is 15.7. The van der Waals surface area contributed by atoms with Gasteiger partial charge >= 0.3 is 0 Å². The van der Waals surface area contributed by atoms with Gasteiger partial charge in [0, 0.05) is 12.4 Å². The van der Waals surface area contributed by atoms with Crippen LogP contribution in [0.25, 0.3) is 0 Å². The lowest BCUT2D eigenvalue weighted by Gasteiger charge is -2.16. The molecule has 0 spiro atoms. The van der Waals surface area contributed by atoms with E-state index >= 15 is 0 Å². The zero-order valence-corrected chi connectivity index (χ0v) is 12.0. The third-order valence-corrected chi connectivity index (χ3v) is 2.69. The maximum atomic E-state index is 5.61. The van der Waals surface area contributed by atoms with Crippen molar-refractivity contribution in [2.24, 2.45) is 4.99 Å². The molecule has 1 atom stereocenters. The highest BCUT2D eigenvalue weighted by molar-refractivity contribution is 8.03. The number of allylic oxidation sites excluding steroid dienone is 1. The Morgan fingerprint density at radius 1 is 1.44 bits per heavy atom. The van der Waals surface area contributed by atoms with Crippen LogP contribution >= 0.6 is 11.8 Å². The van der Waals surface area contributed by atoms with Crippen molar-refractivity contribution < 1.29 is 14.2 Å². The summed E-state index contributed by atoms with van der Waals surface area (Å²) in [6.07, 6.45) is 4.40. The minimum Gasteiger partial charge on any atom is -0.486 e. The van der Waals surface area contributed by atoms with Crippen molar-refractivity contribution in [2.45, 2.75) is 20.1 Å². The number of ether oxygens (including phenoxy) is 3. The second-order valence-corrected chi connectivity index (χ2v) is 4.09. The van der Waals surface area contributed by atoms with E-state index in [0.29, 0.717) is 17.4 Å². The van der Waals surface area contributed by atoms with Gasteiger partial charge in [-0.3, -0.25) is 0 Å². The average molecular weight is 271 g/mol. The Morgan fingerprint density at radius 3 is 2.67 bits per heavy atom. The van der Waals surface area contributed by atoms with Gasteiger partial charge in [-0.1, -0.05) is 24.4 Å². The lowest BCUT2D eigenvalue weighted by molar-refractivity contribution is -0.0959. The van der Waals surface area contributed by atoms with Gasteiger partial charge in [-0.05, 0) is 19.9 Å². The SMILES string of the molecule is C=CCSC(/N=C/OC)=C(/C=C)OC(C)OCC. The first-order valence-electron chi connectivity index (χ1n) is 5.63. The van der Waals surface area contributed by atoms with Crippen molar-refractivity contribution in [3.8, 4) is 0 Å². The zero-order chi connectivity index (χ0) is 13.8. The van der Waals surface area contributed by atoms with E-state index in [-0.39, 0.29) is 6.29 Å². The number of thioether (sulfide) groups is 1. The van der Waals surface area contributed by atoms with E-state index in [1.165, 1.54) is 25.3 Å². The molecule has 0 aromatic carbocycles. The van der Waals surface area contributed by atoms with Gasteiger partial charge in [-0.2, -0.15) is 0 Å². The molecule has 102 valence electrons. The minimum absolute atomic E-state index is 0.347. The Hall–Kier alpha value is -1.20. The van der Waals surface area contributed by atoms with Crippen LogP contribution in [0.2, 0.25) is 0 Å². The fourth-order valence-corrected chi connectivity index (χ4v) is 1.71.